The zero-order valence-electron chi connectivity index (χ0n) is 31.7. The van der Waals surface area contributed by atoms with Gasteiger partial charge >= 0.3 is 0 Å². The zero-order valence-corrected chi connectivity index (χ0v) is 31.7. The van der Waals surface area contributed by atoms with E-state index in [9.17, 15) is 0 Å². The van der Waals surface area contributed by atoms with Crippen molar-refractivity contribution in [3.05, 3.63) is 188 Å². The molecule has 0 amide bonds. The minimum Gasteiger partial charge on any atom is -0.309 e. The maximum Gasteiger partial charge on any atom is 0.0627 e. The smallest absolute Gasteiger partial charge is 0.0627 e. The summed E-state index contributed by atoms with van der Waals surface area (Å²) in [5, 5.41) is 18.2. The molecule has 0 radical (unpaired) electrons. The lowest BCUT2D eigenvalue weighted by Crippen LogP contribution is -1.93. The van der Waals surface area contributed by atoms with Crippen molar-refractivity contribution in [3.8, 4) is 16.8 Å². The largest absolute Gasteiger partial charge is 0.309 e. The fourth-order valence-corrected chi connectivity index (χ4v) is 11.3. The summed E-state index contributed by atoms with van der Waals surface area (Å²) in [6, 6.07) is 70.2. The van der Waals surface area contributed by atoms with Gasteiger partial charge in [-0.3, -0.25) is 0 Å². The van der Waals surface area contributed by atoms with Crippen molar-refractivity contribution in [1.82, 2.24) is 13.4 Å². The maximum atomic E-state index is 2.58. The molecule has 59 heavy (non-hydrogen) atoms. The lowest BCUT2D eigenvalue weighted by Gasteiger charge is -2.09. The van der Waals surface area contributed by atoms with Crippen molar-refractivity contribution in [1.29, 1.82) is 0 Å². The highest BCUT2D eigenvalue weighted by molar-refractivity contribution is 6.39. The van der Waals surface area contributed by atoms with Gasteiger partial charge < -0.3 is 13.4 Å². The second kappa shape index (κ2) is 10.5. The third-order valence-electron chi connectivity index (χ3n) is 13.6. The topological polar surface area (TPSA) is 13.8 Å². The molecular formula is C56H31N3. The predicted molar refractivity (Wildman–Crippen MR) is 251 cm³/mol. The third kappa shape index (κ3) is 3.62. The molecule has 0 atom stereocenters. The van der Waals surface area contributed by atoms with E-state index >= 15 is 0 Å². The second-order valence-corrected chi connectivity index (χ2v) is 16.4. The van der Waals surface area contributed by atoms with Crippen LogP contribution in [0.1, 0.15) is 0 Å². The molecule has 0 saturated heterocycles. The molecule has 0 saturated carbocycles. The lowest BCUT2D eigenvalue weighted by molar-refractivity contribution is 1.18. The Morgan fingerprint density at radius 1 is 0.271 bits per heavy atom. The van der Waals surface area contributed by atoms with Gasteiger partial charge in [0.15, 0.2) is 0 Å². The van der Waals surface area contributed by atoms with Gasteiger partial charge in [-0.1, -0.05) is 127 Å². The zero-order chi connectivity index (χ0) is 38.1. The summed E-state index contributed by atoms with van der Waals surface area (Å²) >= 11 is 0. The van der Waals surface area contributed by atoms with Crippen molar-refractivity contribution in [2.24, 2.45) is 0 Å². The van der Waals surface area contributed by atoms with Gasteiger partial charge in [0.2, 0.25) is 0 Å². The van der Waals surface area contributed by atoms with E-state index < -0.39 is 0 Å². The first-order valence-corrected chi connectivity index (χ1v) is 20.5. The summed E-state index contributed by atoms with van der Waals surface area (Å²) in [7, 11) is 0. The number of hydrogen-bond donors (Lipinski definition) is 0. The van der Waals surface area contributed by atoms with Crippen molar-refractivity contribution in [2.45, 2.75) is 0 Å². The van der Waals surface area contributed by atoms with Crippen LogP contribution in [0, 0.1) is 0 Å². The van der Waals surface area contributed by atoms with E-state index in [1.54, 1.807) is 0 Å². The average molecular weight is 746 g/mol. The molecule has 3 heteroatoms. The first-order chi connectivity index (χ1) is 29.3. The van der Waals surface area contributed by atoms with E-state index in [1.807, 2.05) is 0 Å². The van der Waals surface area contributed by atoms with Crippen molar-refractivity contribution in [2.75, 3.05) is 0 Å². The molecule has 3 nitrogen and oxygen atoms in total. The molecule has 0 spiro atoms. The van der Waals surface area contributed by atoms with Crippen LogP contribution in [0.5, 0.6) is 0 Å². The van der Waals surface area contributed by atoms with Crippen LogP contribution in [-0.2, 0) is 0 Å². The normalized spacial score (nSPS) is 12.7. The van der Waals surface area contributed by atoms with Crippen molar-refractivity contribution >= 4 is 120 Å². The Morgan fingerprint density at radius 3 is 1.75 bits per heavy atom. The van der Waals surface area contributed by atoms with Crippen LogP contribution in [0.25, 0.3) is 136 Å². The van der Waals surface area contributed by atoms with Gasteiger partial charge in [0.05, 0.1) is 44.1 Å². The van der Waals surface area contributed by atoms with Crippen LogP contribution in [0.3, 0.4) is 0 Å². The standard InChI is InChI=1S/C56H31N3/c1-2-15-36(16-3-1)57-46-23-9-8-18-39(46)43-29-35(24-25-47(43)57)38-19-10-20-40-41-21-11-22-42-52-49(59(54(38)40)55(41)42)27-26-48-53(52)45-30-34-14-6-7-17-37(34)51-44-28-32-12-4-5-13-33(32)31-50(44)58(48)56(45)51/h1-31H. The summed E-state index contributed by atoms with van der Waals surface area (Å²) < 4.78 is 7.54. The summed E-state index contributed by atoms with van der Waals surface area (Å²) in [5.74, 6) is 0. The number of nitrogens with zero attached hydrogens (tertiary/aromatic N) is 3. The molecule has 0 fully saturated rings. The molecule has 15 rings (SSSR count). The molecule has 0 unspecified atom stereocenters. The molecule has 0 N–H and O–H groups in total. The monoisotopic (exact) mass is 745 g/mol. The minimum atomic E-state index is 1.17. The molecule has 270 valence electrons. The molecule has 0 bridgehead atoms. The van der Waals surface area contributed by atoms with Gasteiger partial charge in [0.1, 0.15) is 0 Å². The molecule has 5 heterocycles. The highest BCUT2D eigenvalue weighted by Crippen LogP contribution is 2.50. The molecule has 15 aromatic rings. The number of aromatic nitrogens is 3. The van der Waals surface area contributed by atoms with Crippen molar-refractivity contribution in [3.63, 3.8) is 0 Å². The third-order valence-corrected chi connectivity index (χ3v) is 13.6. The van der Waals surface area contributed by atoms with Gasteiger partial charge in [-0.05, 0) is 87.8 Å². The van der Waals surface area contributed by atoms with E-state index in [1.165, 1.54) is 136 Å². The summed E-state index contributed by atoms with van der Waals surface area (Å²) in [5.41, 5.74) is 13.7. The van der Waals surface area contributed by atoms with Gasteiger partial charge in [0, 0.05) is 65.1 Å². The Bertz CT molecular complexity index is 4290. The van der Waals surface area contributed by atoms with Crippen LogP contribution in [0.15, 0.2) is 188 Å². The predicted octanol–water partition coefficient (Wildman–Crippen LogP) is 15.1. The Kier molecular flexibility index (Phi) is 5.41. The van der Waals surface area contributed by atoms with Gasteiger partial charge in [-0.25, -0.2) is 0 Å². The van der Waals surface area contributed by atoms with E-state index in [0.717, 1.165) is 0 Å². The number of hydrogen-bond acceptors (Lipinski definition) is 0. The molecular weight excluding hydrogens is 715 g/mol. The first-order valence-electron chi connectivity index (χ1n) is 20.5. The maximum absolute atomic E-state index is 2.58. The average Bonchev–Trinajstić information content (AvgIpc) is 4.08. The Labute approximate surface area is 336 Å². The van der Waals surface area contributed by atoms with E-state index in [2.05, 4.69) is 201 Å². The highest BCUT2D eigenvalue weighted by Gasteiger charge is 2.26. The minimum absolute atomic E-state index is 1.17. The number of benzene rings is 10. The fourth-order valence-electron chi connectivity index (χ4n) is 11.3. The van der Waals surface area contributed by atoms with Crippen LogP contribution in [0.2, 0.25) is 0 Å². The van der Waals surface area contributed by atoms with E-state index in [0.29, 0.717) is 0 Å². The van der Waals surface area contributed by atoms with E-state index in [4.69, 9.17) is 0 Å². The quantitative estimate of drug-likeness (QED) is 0.167. The molecule has 10 aromatic carbocycles. The number of para-hydroxylation sites is 4. The SMILES string of the molecule is c1ccc(-n2c3ccccc3c3cc(-c4cccc5c6cccc7c8c9c%10cc%11ccccc%11c%11c%12cc%13ccccc%13cc%12n(c9ccc8n(c45)c67)c%10%11)ccc32)cc1. The Hall–Kier alpha value is -7.88. The lowest BCUT2D eigenvalue weighted by atomic mass is 9.97. The molecule has 0 aliphatic rings. The van der Waals surface area contributed by atoms with Crippen LogP contribution in [-0.4, -0.2) is 13.4 Å². The first kappa shape index (κ1) is 30.3. The fraction of sp³-hybridized carbons (Fsp3) is 0. The Balaban J connectivity index is 1.08. The number of fused-ring (bicyclic) bond motifs is 19. The Morgan fingerprint density at radius 2 is 0.881 bits per heavy atom. The number of rotatable bonds is 2. The van der Waals surface area contributed by atoms with Crippen LogP contribution in [0.4, 0.5) is 0 Å². The van der Waals surface area contributed by atoms with Crippen molar-refractivity contribution < 1.29 is 0 Å². The second-order valence-electron chi connectivity index (χ2n) is 16.4. The van der Waals surface area contributed by atoms with Gasteiger partial charge in [0.25, 0.3) is 0 Å². The molecule has 0 aliphatic carbocycles. The molecule has 0 aliphatic heterocycles. The summed E-state index contributed by atoms with van der Waals surface area (Å²) in [6.07, 6.45) is 0. The van der Waals surface area contributed by atoms with Crippen LogP contribution >= 0.6 is 0 Å². The van der Waals surface area contributed by atoms with Gasteiger partial charge in [-0.2, -0.15) is 0 Å². The summed E-state index contributed by atoms with van der Waals surface area (Å²) in [4.78, 5) is 0. The summed E-state index contributed by atoms with van der Waals surface area (Å²) in [6.45, 7) is 0. The molecule has 5 aromatic heterocycles. The van der Waals surface area contributed by atoms with Crippen LogP contribution < -0.4 is 0 Å². The van der Waals surface area contributed by atoms with Gasteiger partial charge in [-0.15, -0.1) is 0 Å². The highest BCUT2D eigenvalue weighted by atomic mass is 15.0. The van der Waals surface area contributed by atoms with E-state index in [-0.39, 0.29) is 0 Å².